The summed E-state index contributed by atoms with van der Waals surface area (Å²) in [4.78, 5) is 37.4. The molecule has 29 heavy (non-hydrogen) atoms. The van der Waals surface area contributed by atoms with Crippen LogP contribution in [0, 0.1) is 6.92 Å². The minimum absolute atomic E-state index is 0.0142. The van der Waals surface area contributed by atoms with Crippen LogP contribution in [0.2, 0.25) is 0 Å². The van der Waals surface area contributed by atoms with Crippen molar-refractivity contribution >= 4 is 11.8 Å². The SMILES string of the molecule is Cc1ncncc1C(=O)N1CCC(Oc2ccccc2C(=O)N2CCCC2)CC1. The molecule has 0 radical (unpaired) electrons. The largest absolute Gasteiger partial charge is 0.489 e. The third-order valence-electron chi connectivity index (χ3n) is 5.68. The van der Waals surface area contributed by atoms with Gasteiger partial charge < -0.3 is 14.5 Å². The lowest BCUT2D eigenvalue weighted by Gasteiger charge is -2.32. The summed E-state index contributed by atoms with van der Waals surface area (Å²) in [5.41, 5.74) is 1.87. The molecule has 2 fully saturated rings. The van der Waals surface area contributed by atoms with Gasteiger partial charge in [-0.05, 0) is 31.9 Å². The number of aromatic nitrogens is 2. The van der Waals surface area contributed by atoms with Gasteiger partial charge in [-0.2, -0.15) is 0 Å². The van der Waals surface area contributed by atoms with E-state index in [0.29, 0.717) is 35.7 Å². The number of hydrogen-bond donors (Lipinski definition) is 0. The summed E-state index contributed by atoms with van der Waals surface area (Å²) < 4.78 is 6.21. The number of hydrogen-bond acceptors (Lipinski definition) is 5. The maximum Gasteiger partial charge on any atom is 0.257 e. The Bertz CT molecular complexity index is 887. The van der Waals surface area contributed by atoms with Crippen LogP contribution in [-0.2, 0) is 0 Å². The van der Waals surface area contributed by atoms with Crippen LogP contribution in [0.5, 0.6) is 5.75 Å². The third kappa shape index (κ3) is 4.23. The Morgan fingerprint density at radius 1 is 0.966 bits per heavy atom. The number of likely N-dealkylation sites (tertiary alicyclic amines) is 2. The number of aryl methyl sites for hydroxylation is 1. The molecule has 0 atom stereocenters. The molecule has 0 N–H and O–H groups in total. The van der Waals surface area contributed by atoms with E-state index in [0.717, 1.165) is 38.8 Å². The molecular weight excluding hydrogens is 368 g/mol. The fourth-order valence-electron chi connectivity index (χ4n) is 3.96. The molecule has 4 rings (SSSR count). The van der Waals surface area contributed by atoms with Gasteiger partial charge in [0.2, 0.25) is 0 Å². The van der Waals surface area contributed by atoms with E-state index in [1.807, 2.05) is 41.0 Å². The Morgan fingerprint density at radius 3 is 2.34 bits per heavy atom. The molecule has 2 aliphatic heterocycles. The highest BCUT2D eigenvalue weighted by Gasteiger charge is 2.28. The zero-order valence-electron chi connectivity index (χ0n) is 16.7. The third-order valence-corrected chi connectivity index (χ3v) is 5.68. The van der Waals surface area contributed by atoms with Crippen molar-refractivity contribution in [3.8, 4) is 5.75 Å². The molecule has 2 saturated heterocycles. The van der Waals surface area contributed by atoms with E-state index in [1.165, 1.54) is 6.33 Å². The molecule has 0 spiro atoms. The van der Waals surface area contributed by atoms with Crippen molar-refractivity contribution in [2.75, 3.05) is 26.2 Å². The summed E-state index contributed by atoms with van der Waals surface area (Å²) in [6, 6.07) is 7.48. The number of carbonyl (C=O) groups excluding carboxylic acids is 2. The second-order valence-corrected chi connectivity index (χ2v) is 7.63. The number of carbonyl (C=O) groups is 2. The number of benzene rings is 1. The molecule has 0 aliphatic carbocycles. The summed E-state index contributed by atoms with van der Waals surface area (Å²) in [5, 5.41) is 0. The Kier molecular flexibility index (Phi) is 5.74. The lowest BCUT2D eigenvalue weighted by molar-refractivity contribution is 0.0590. The normalized spacial score (nSPS) is 17.4. The number of ether oxygens (including phenoxy) is 1. The van der Waals surface area contributed by atoms with Gasteiger partial charge in [-0.1, -0.05) is 12.1 Å². The molecule has 152 valence electrons. The summed E-state index contributed by atoms with van der Waals surface area (Å²) in [6.45, 7) is 4.67. The Labute approximate surface area is 170 Å². The van der Waals surface area contributed by atoms with Crippen molar-refractivity contribution in [2.45, 2.75) is 38.7 Å². The first-order valence-electron chi connectivity index (χ1n) is 10.2. The van der Waals surface area contributed by atoms with E-state index in [9.17, 15) is 9.59 Å². The van der Waals surface area contributed by atoms with Gasteiger partial charge in [0.15, 0.2) is 0 Å². The first-order chi connectivity index (χ1) is 14.1. The van der Waals surface area contributed by atoms with Gasteiger partial charge in [-0.3, -0.25) is 9.59 Å². The van der Waals surface area contributed by atoms with Crippen LogP contribution in [0.1, 0.15) is 52.1 Å². The minimum Gasteiger partial charge on any atom is -0.489 e. The molecule has 0 saturated carbocycles. The molecule has 7 nitrogen and oxygen atoms in total. The van der Waals surface area contributed by atoms with Crippen LogP contribution in [0.25, 0.3) is 0 Å². The van der Waals surface area contributed by atoms with E-state index in [-0.39, 0.29) is 17.9 Å². The highest BCUT2D eigenvalue weighted by Crippen LogP contribution is 2.26. The Balaban J connectivity index is 1.38. The summed E-state index contributed by atoms with van der Waals surface area (Å²) >= 11 is 0. The second-order valence-electron chi connectivity index (χ2n) is 7.63. The fourth-order valence-corrected chi connectivity index (χ4v) is 3.96. The van der Waals surface area contributed by atoms with E-state index >= 15 is 0 Å². The van der Waals surface area contributed by atoms with Gasteiger partial charge in [-0.15, -0.1) is 0 Å². The number of nitrogens with zero attached hydrogens (tertiary/aromatic N) is 4. The molecule has 1 aromatic heterocycles. The number of rotatable bonds is 4. The topological polar surface area (TPSA) is 75.6 Å². The van der Waals surface area contributed by atoms with E-state index in [4.69, 9.17) is 4.74 Å². The van der Waals surface area contributed by atoms with Crippen molar-refractivity contribution in [1.82, 2.24) is 19.8 Å². The van der Waals surface area contributed by atoms with E-state index < -0.39 is 0 Å². The molecular formula is C22H26N4O3. The van der Waals surface area contributed by atoms with E-state index in [2.05, 4.69) is 9.97 Å². The number of para-hydroxylation sites is 1. The van der Waals surface area contributed by atoms with Crippen molar-refractivity contribution in [2.24, 2.45) is 0 Å². The summed E-state index contributed by atoms with van der Waals surface area (Å²) in [6.07, 6.45) is 6.59. The predicted molar refractivity (Wildman–Crippen MR) is 108 cm³/mol. The van der Waals surface area contributed by atoms with Crippen LogP contribution in [0.15, 0.2) is 36.8 Å². The van der Waals surface area contributed by atoms with Crippen molar-refractivity contribution in [3.05, 3.63) is 53.6 Å². The average molecular weight is 394 g/mol. The molecule has 2 aliphatic rings. The van der Waals surface area contributed by atoms with E-state index in [1.54, 1.807) is 6.20 Å². The molecule has 2 amide bonds. The number of amides is 2. The van der Waals surface area contributed by atoms with Gasteiger partial charge in [0.1, 0.15) is 18.2 Å². The minimum atomic E-state index is -0.0360. The molecule has 3 heterocycles. The lowest BCUT2D eigenvalue weighted by Crippen LogP contribution is -2.42. The lowest BCUT2D eigenvalue weighted by atomic mass is 10.1. The van der Waals surface area contributed by atoms with Gasteiger partial charge in [0.05, 0.1) is 16.8 Å². The zero-order valence-corrected chi connectivity index (χ0v) is 16.7. The first-order valence-corrected chi connectivity index (χ1v) is 10.2. The number of piperidine rings is 1. The highest BCUT2D eigenvalue weighted by molar-refractivity contribution is 5.97. The average Bonchev–Trinajstić information content (AvgIpc) is 3.29. The molecule has 1 aromatic carbocycles. The Hall–Kier alpha value is -2.96. The zero-order chi connectivity index (χ0) is 20.2. The molecule has 0 bridgehead atoms. The van der Waals surface area contributed by atoms with Crippen LogP contribution in [0.4, 0.5) is 0 Å². The highest BCUT2D eigenvalue weighted by atomic mass is 16.5. The van der Waals surface area contributed by atoms with Gasteiger partial charge in [-0.25, -0.2) is 9.97 Å². The van der Waals surface area contributed by atoms with Crippen molar-refractivity contribution < 1.29 is 14.3 Å². The van der Waals surface area contributed by atoms with Crippen LogP contribution >= 0.6 is 0 Å². The maximum atomic E-state index is 12.8. The molecule has 7 heteroatoms. The van der Waals surface area contributed by atoms with Gasteiger partial charge in [0, 0.05) is 45.2 Å². The second kappa shape index (κ2) is 8.59. The fraction of sp³-hybridized carbons (Fsp3) is 0.455. The summed E-state index contributed by atoms with van der Waals surface area (Å²) in [5.74, 6) is 0.651. The smallest absolute Gasteiger partial charge is 0.257 e. The summed E-state index contributed by atoms with van der Waals surface area (Å²) in [7, 11) is 0. The maximum absolute atomic E-state index is 12.8. The standard InChI is InChI=1S/C22H26N4O3/c1-16-19(14-23-15-24-16)22(28)26-12-8-17(9-13-26)29-20-7-3-2-6-18(20)21(27)25-10-4-5-11-25/h2-3,6-7,14-15,17H,4-5,8-13H2,1H3. The van der Waals surface area contributed by atoms with Crippen LogP contribution in [-0.4, -0.2) is 63.9 Å². The first kappa shape index (κ1) is 19.4. The monoisotopic (exact) mass is 394 g/mol. The van der Waals surface area contributed by atoms with Gasteiger partial charge in [0.25, 0.3) is 11.8 Å². The molecule has 0 unspecified atom stereocenters. The van der Waals surface area contributed by atoms with Crippen LogP contribution in [0.3, 0.4) is 0 Å². The van der Waals surface area contributed by atoms with Gasteiger partial charge >= 0.3 is 0 Å². The predicted octanol–water partition coefficient (Wildman–Crippen LogP) is 2.70. The van der Waals surface area contributed by atoms with Crippen molar-refractivity contribution in [3.63, 3.8) is 0 Å². The Morgan fingerprint density at radius 2 is 1.62 bits per heavy atom. The van der Waals surface area contributed by atoms with Crippen molar-refractivity contribution in [1.29, 1.82) is 0 Å². The van der Waals surface area contributed by atoms with Crippen LogP contribution < -0.4 is 4.74 Å². The molecule has 2 aromatic rings. The quantitative estimate of drug-likeness (QED) is 0.797.